The molecule has 2 saturated heterocycles. The Labute approximate surface area is 125 Å². The van der Waals surface area contributed by atoms with E-state index in [1.165, 1.54) is 0 Å². The van der Waals surface area contributed by atoms with Crippen molar-refractivity contribution in [3.63, 3.8) is 0 Å². The van der Waals surface area contributed by atoms with E-state index in [9.17, 15) is 4.79 Å². The van der Waals surface area contributed by atoms with Crippen LogP contribution in [0.15, 0.2) is 12.4 Å². The molecule has 0 spiro atoms. The quantitative estimate of drug-likeness (QED) is 0.909. The molecule has 21 heavy (non-hydrogen) atoms. The lowest BCUT2D eigenvalue weighted by molar-refractivity contribution is -0.149. The van der Waals surface area contributed by atoms with E-state index in [1.807, 2.05) is 11.1 Å². The first kappa shape index (κ1) is 14.5. The summed E-state index contributed by atoms with van der Waals surface area (Å²) in [4.78, 5) is 24.5. The molecule has 1 aromatic rings. The third-order valence-corrected chi connectivity index (χ3v) is 4.50. The van der Waals surface area contributed by atoms with Gasteiger partial charge < -0.3 is 14.6 Å². The van der Waals surface area contributed by atoms with Gasteiger partial charge in [-0.3, -0.25) is 9.69 Å². The molecule has 6 heteroatoms. The highest BCUT2D eigenvalue weighted by Crippen LogP contribution is 2.24. The van der Waals surface area contributed by atoms with E-state index in [2.05, 4.69) is 21.8 Å². The van der Waals surface area contributed by atoms with Crippen LogP contribution in [0.1, 0.15) is 38.1 Å². The predicted octanol–water partition coefficient (Wildman–Crippen LogP) is 1.18. The van der Waals surface area contributed by atoms with Crippen LogP contribution < -0.4 is 0 Å². The van der Waals surface area contributed by atoms with Gasteiger partial charge in [-0.25, -0.2) is 4.98 Å². The van der Waals surface area contributed by atoms with E-state index >= 15 is 0 Å². The van der Waals surface area contributed by atoms with Crippen molar-refractivity contribution in [2.75, 3.05) is 32.8 Å². The van der Waals surface area contributed by atoms with Crippen LogP contribution in [-0.2, 0) is 9.53 Å². The number of likely N-dealkylation sites (N-methyl/N-ethyl adjacent to an activating group) is 1. The van der Waals surface area contributed by atoms with E-state index in [0.29, 0.717) is 13.2 Å². The molecule has 2 unspecified atom stereocenters. The number of aromatic amines is 1. The first-order chi connectivity index (χ1) is 10.3. The van der Waals surface area contributed by atoms with E-state index in [-0.39, 0.29) is 18.1 Å². The first-order valence-corrected chi connectivity index (χ1v) is 7.93. The Morgan fingerprint density at radius 1 is 1.48 bits per heavy atom. The molecule has 3 heterocycles. The number of aromatic nitrogens is 2. The van der Waals surface area contributed by atoms with Crippen LogP contribution in [0.2, 0.25) is 0 Å². The van der Waals surface area contributed by atoms with Gasteiger partial charge in [-0.05, 0) is 25.8 Å². The van der Waals surface area contributed by atoms with Crippen molar-refractivity contribution < 1.29 is 9.53 Å². The lowest BCUT2D eigenvalue weighted by Gasteiger charge is -2.41. The number of carbonyl (C=O) groups excluding carboxylic acids is 1. The lowest BCUT2D eigenvalue weighted by atomic mass is 10.1. The Balaban J connectivity index is 1.68. The third-order valence-electron chi connectivity index (χ3n) is 4.50. The molecule has 6 nitrogen and oxygen atoms in total. The smallest absolute Gasteiger partial charge is 0.251 e. The van der Waals surface area contributed by atoms with Gasteiger partial charge in [-0.1, -0.05) is 6.92 Å². The summed E-state index contributed by atoms with van der Waals surface area (Å²) < 4.78 is 5.64. The summed E-state index contributed by atoms with van der Waals surface area (Å²) in [6.07, 6.45) is 6.40. The largest absolute Gasteiger partial charge is 0.368 e. The Kier molecular flexibility index (Phi) is 4.55. The first-order valence-electron chi connectivity index (χ1n) is 7.93. The Morgan fingerprint density at radius 2 is 2.38 bits per heavy atom. The number of imidazole rings is 1. The number of ether oxygens (including phenoxy) is 1. The third kappa shape index (κ3) is 3.11. The number of nitrogens with zero attached hydrogens (tertiary/aromatic N) is 3. The highest BCUT2D eigenvalue weighted by molar-refractivity contribution is 5.81. The summed E-state index contributed by atoms with van der Waals surface area (Å²) in [5.41, 5.74) is 0. The standard InChI is InChI=1S/C15H24N4O2/c1-2-18-8-9-19(11-12(18)14-16-6-7-17-14)15(20)13-5-3-4-10-21-13/h6-7,12-13H,2-5,8-11H2,1H3,(H,16,17). The van der Waals surface area contributed by atoms with Crippen LogP contribution in [0.5, 0.6) is 0 Å². The number of amides is 1. The van der Waals surface area contributed by atoms with Gasteiger partial charge in [0.1, 0.15) is 11.9 Å². The molecule has 0 radical (unpaired) electrons. The fourth-order valence-electron chi connectivity index (χ4n) is 3.26. The predicted molar refractivity (Wildman–Crippen MR) is 78.7 cm³/mol. The van der Waals surface area contributed by atoms with Crippen LogP contribution in [0.4, 0.5) is 0 Å². The van der Waals surface area contributed by atoms with Crippen LogP contribution in [0.3, 0.4) is 0 Å². The lowest BCUT2D eigenvalue weighted by Crippen LogP contribution is -2.53. The van der Waals surface area contributed by atoms with Gasteiger partial charge in [0.15, 0.2) is 0 Å². The van der Waals surface area contributed by atoms with Gasteiger partial charge >= 0.3 is 0 Å². The van der Waals surface area contributed by atoms with Crippen molar-refractivity contribution in [3.8, 4) is 0 Å². The Hall–Kier alpha value is -1.40. The maximum atomic E-state index is 12.6. The number of carbonyl (C=O) groups is 1. The number of H-pyrrole nitrogens is 1. The highest BCUT2D eigenvalue weighted by atomic mass is 16.5. The van der Waals surface area contributed by atoms with Gasteiger partial charge in [0.25, 0.3) is 5.91 Å². The van der Waals surface area contributed by atoms with E-state index < -0.39 is 0 Å². The normalized spacial score (nSPS) is 27.8. The molecule has 1 N–H and O–H groups in total. The average molecular weight is 292 g/mol. The van der Waals surface area contributed by atoms with Crippen LogP contribution in [-0.4, -0.2) is 64.6 Å². The van der Waals surface area contributed by atoms with E-state index in [4.69, 9.17) is 4.74 Å². The summed E-state index contributed by atoms with van der Waals surface area (Å²) in [6, 6.07) is 0.159. The average Bonchev–Trinajstić information content (AvgIpc) is 3.08. The summed E-state index contributed by atoms with van der Waals surface area (Å²) in [5.74, 6) is 1.10. The molecular formula is C15H24N4O2. The van der Waals surface area contributed by atoms with Crippen molar-refractivity contribution in [2.24, 2.45) is 0 Å². The molecule has 1 aromatic heterocycles. The molecule has 116 valence electrons. The Bertz CT molecular complexity index is 456. The van der Waals surface area contributed by atoms with Crippen LogP contribution in [0.25, 0.3) is 0 Å². The highest BCUT2D eigenvalue weighted by Gasteiger charge is 2.34. The molecule has 2 aliphatic heterocycles. The summed E-state index contributed by atoms with van der Waals surface area (Å²) in [5, 5.41) is 0. The zero-order valence-electron chi connectivity index (χ0n) is 12.6. The van der Waals surface area contributed by atoms with Crippen LogP contribution in [0, 0.1) is 0 Å². The second-order valence-electron chi connectivity index (χ2n) is 5.76. The van der Waals surface area contributed by atoms with Crippen molar-refractivity contribution in [3.05, 3.63) is 18.2 Å². The number of nitrogens with one attached hydrogen (secondary N) is 1. The van der Waals surface area contributed by atoms with Gasteiger partial charge in [0.2, 0.25) is 0 Å². The van der Waals surface area contributed by atoms with Crippen molar-refractivity contribution in [1.29, 1.82) is 0 Å². The molecule has 0 aromatic carbocycles. The van der Waals surface area contributed by atoms with E-state index in [0.717, 1.165) is 44.7 Å². The molecule has 2 atom stereocenters. The van der Waals surface area contributed by atoms with Crippen molar-refractivity contribution in [1.82, 2.24) is 19.8 Å². The minimum Gasteiger partial charge on any atom is -0.368 e. The molecule has 2 fully saturated rings. The molecule has 0 saturated carbocycles. The van der Waals surface area contributed by atoms with Gasteiger partial charge in [0, 0.05) is 38.6 Å². The molecule has 3 rings (SSSR count). The number of hydrogen-bond acceptors (Lipinski definition) is 4. The maximum absolute atomic E-state index is 12.6. The van der Waals surface area contributed by atoms with E-state index in [1.54, 1.807) is 6.20 Å². The van der Waals surface area contributed by atoms with Gasteiger partial charge in [-0.2, -0.15) is 0 Å². The second kappa shape index (κ2) is 6.58. The van der Waals surface area contributed by atoms with Gasteiger partial charge in [0.05, 0.1) is 6.04 Å². The molecule has 0 aliphatic carbocycles. The zero-order chi connectivity index (χ0) is 14.7. The summed E-state index contributed by atoms with van der Waals surface area (Å²) >= 11 is 0. The number of hydrogen-bond donors (Lipinski definition) is 1. The SMILES string of the molecule is CCN1CCN(C(=O)C2CCCCO2)CC1c1ncc[nH]1. The second-order valence-corrected chi connectivity index (χ2v) is 5.76. The number of piperazine rings is 1. The fourth-order valence-corrected chi connectivity index (χ4v) is 3.26. The minimum absolute atomic E-state index is 0.155. The van der Waals surface area contributed by atoms with Gasteiger partial charge in [-0.15, -0.1) is 0 Å². The molecule has 1 amide bonds. The molecular weight excluding hydrogens is 268 g/mol. The fraction of sp³-hybridized carbons (Fsp3) is 0.733. The van der Waals surface area contributed by atoms with Crippen molar-refractivity contribution >= 4 is 5.91 Å². The molecule has 2 aliphatic rings. The van der Waals surface area contributed by atoms with Crippen LogP contribution >= 0.6 is 0 Å². The summed E-state index contributed by atoms with van der Waals surface area (Å²) in [6.45, 7) is 6.20. The number of rotatable bonds is 3. The zero-order valence-corrected chi connectivity index (χ0v) is 12.6. The van der Waals surface area contributed by atoms with Crippen molar-refractivity contribution in [2.45, 2.75) is 38.3 Å². The molecule has 0 bridgehead atoms. The summed E-state index contributed by atoms with van der Waals surface area (Å²) in [7, 11) is 0. The maximum Gasteiger partial charge on any atom is 0.251 e. The topological polar surface area (TPSA) is 61.5 Å². The monoisotopic (exact) mass is 292 g/mol. The minimum atomic E-state index is -0.232. The Morgan fingerprint density at radius 3 is 3.05 bits per heavy atom.